The number of benzene rings is 3. The Morgan fingerprint density at radius 3 is 2.21 bits per heavy atom. The zero-order chi connectivity index (χ0) is 33.5. The fraction of sp³-hybridized carbons (Fsp3) is 0.368. The summed E-state index contributed by atoms with van der Waals surface area (Å²) in [6, 6.07) is 20.9. The number of β-lactam (4-membered cyclic amide) rings is 1. The van der Waals surface area contributed by atoms with E-state index >= 15 is 0 Å². The summed E-state index contributed by atoms with van der Waals surface area (Å²) in [6.07, 6.45) is -0.880. The summed E-state index contributed by atoms with van der Waals surface area (Å²) in [5.74, 6) is -2.55. The van der Waals surface area contributed by atoms with E-state index in [1.54, 1.807) is 13.0 Å². The second-order valence-corrected chi connectivity index (χ2v) is 14.5. The zero-order valence-electron chi connectivity index (χ0n) is 27.2. The summed E-state index contributed by atoms with van der Waals surface area (Å²) in [6.45, 7) is 10.7. The van der Waals surface area contributed by atoms with E-state index in [2.05, 4.69) is 17.4 Å². The van der Waals surface area contributed by atoms with Crippen LogP contribution in [0.5, 0.6) is 0 Å². The van der Waals surface area contributed by atoms with Crippen LogP contribution in [-0.2, 0) is 20.9 Å². The van der Waals surface area contributed by atoms with Crippen LogP contribution in [0.15, 0.2) is 72.4 Å². The van der Waals surface area contributed by atoms with E-state index in [1.165, 1.54) is 10.5 Å². The van der Waals surface area contributed by atoms with E-state index < -0.39 is 24.0 Å². The van der Waals surface area contributed by atoms with Crippen molar-refractivity contribution in [3.8, 4) is 11.1 Å². The molecule has 3 aromatic carbocycles. The van der Waals surface area contributed by atoms with E-state index in [4.69, 9.17) is 0 Å². The van der Waals surface area contributed by atoms with Crippen LogP contribution in [-0.4, -0.2) is 106 Å². The molecule has 6 aliphatic rings. The van der Waals surface area contributed by atoms with E-state index in [0.29, 0.717) is 28.8 Å². The van der Waals surface area contributed by atoms with Gasteiger partial charge in [0.25, 0.3) is 5.91 Å². The fourth-order valence-electron chi connectivity index (χ4n) is 9.17. The van der Waals surface area contributed by atoms with Crippen LogP contribution in [0.3, 0.4) is 0 Å². The van der Waals surface area contributed by atoms with Crippen molar-refractivity contribution >= 4 is 34.8 Å². The minimum Gasteiger partial charge on any atom is -0.477 e. The van der Waals surface area contributed by atoms with Gasteiger partial charge in [-0.3, -0.25) is 14.4 Å². The summed E-state index contributed by atoms with van der Waals surface area (Å²) in [5, 5.41) is 23.4. The highest BCUT2D eigenvalue weighted by Gasteiger charge is 2.60. The molecule has 4 fully saturated rings. The Kier molecular flexibility index (Phi) is 7.00. The average molecular weight is 649 g/mol. The highest BCUT2D eigenvalue weighted by molar-refractivity contribution is 6.22. The molecule has 10 heteroatoms. The number of carboxylic acid groups (broad SMARTS) is 1. The van der Waals surface area contributed by atoms with Crippen molar-refractivity contribution in [2.45, 2.75) is 32.5 Å². The first kappa shape index (κ1) is 30.7. The second kappa shape index (κ2) is 10.9. The van der Waals surface area contributed by atoms with Gasteiger partial charge in [0.05, 0.1) is 18.1 Å². The molecule has 48 heavy (non-hydrogen) atoms. The normalized spacial score (nSPS) is 28.9. The number of anilines is 1. The zero-order valence-corrected chi connectivity index (χ0v) is 27.2. The van der Waals surface area contributed by atoms with Gasteiger partial charge in [-0.25, -0.2) is 4.79 Å². The van der Waals surface area contributed by atoms with E-state index in [1.807, 2.05) is 55.5 Å². The number of aliphatic carboxylic acids is 1. The summed E-state index contributed by atoms with van der Waals surface area (Å²) >= 11 is 0. The third-order valence-corrected chi connectivity index (χ3v) is 11.8. The first-order chi connectivity index (χ1) is 23.0. The van der Waals surface area contributed by atoms with Gasteiger partial charge in [-0.2, -0.15) is 0 Å². The first-order valence-electron chi connectivity index (χ1n) is 16.9. The Morgan fingerprint density at radius 1 is 0.875 bits per heavy atom. The highest BCUT2D eigenvalue weighted by Crippen LogP contribution is 2.51. The van der Waals surface area contributed by atoms with Gasteiger partial charge in [-0.1, -0.05) is 43.3 Å². The van der Waals surface area contributed by atoms with Gasteiger partial charge >= 0.3 is 5.97 Å². The highest BCUT2D eigenvalue weighted by atomic mass is 16.4. The van der Waals surface area contributed by atoms with Crippen molar-refractivity contribution in [2.75, 3.05) is 51.1 Å². The van der Waals surface area contributed by atoms with Crippen LogP contribution >= 0.6 is 0 Å². The number of hydrogen-bond donors (Lipinski definition) is 3. The molecule has 1 aliphatic carbocycles. The lowest BCUT2D eigenvalue weighted by Gasteiger charge is -2.55. The van der Waals surface area contributed by atoms with Crippen LogP contribution < -0.4 is 5.32 Å². The molecular formula is C38H40N4O6+2. The number of amides is 2. The Bertz CT molecular complexity index is 1910. The number of piperazine rings is 3. The molecule has 3 aromatic rings. The number of para-hydroxylation sites is 1. The number of carbonyl (C=O) groups excluding carboxylic acids is 3. The maximum absolute atomic E-state index is 13.7. The number of nitrogens with zero attached hydrogens (tertiary/aromatic N) is 3. The molecule has 0 aromatic heterocycles. The lowest BCUT2D eigenvalue weighted by atomic mass is 9.76. The van der Waals surface area contributed by atoms with Gasteiger partial charge in [0.2, 0.25) is 5.91 Å². The number of carboxylic acids is 1. The molecule has 4 saturated heterocycles. The van der Waals surface area contributed by atoms with Crippen molar-refractivity contribution < 1.29 is 38.4 Å². The lowest BCUT2D eigenvalue weighted by molar-refractivity contribution is -1.08. The Balaban J connectivity index is 1.00. The fourth-order valence-corrected chi connectivity index (χ4v) is 9.17. The number of hydrogen-bond acceptors (Lipinski definition) is 5. The quantitative estimate of drug-likeness (QED) is 0.199. The smallest absolute Gasteiger partial charge is 0.352 e. The topological polar surface area (TPSA) is 124 Å². The van der Waals surface area contributed by atoms with Crippen molar-refractivity contribution in [3.63, 3.8) is 0 Å². The van der Waals surface area contributed by atoms with E-state index in [9.17, 15) is 29.4 Å². The Hall–Kier alpha value is -4.64. The van der Waals surface area contributed by atoms with Crippen molar-refractivity contribution in [3.05, 3.63) is 94.7 Å². The number of quaternary nitrogens is 2. The molecule has 5 aliphatic heterocycles. The van der Waals surface area contributed by atoms with E-state index in [0.717, 1.165) is 71.6 Å². The van der Waals surface area contributed by atoms with Gasteiger partial charge in [0.15, 0.2) is 12.3 Å². The summed E-state index contributed by atoms with van der Waals surface area (Å²) in [5.41, 5.74) is 6.00. The number of rotatable bonds is 8. The minimum absolute atomic E-state index is 0.0592. The van der Waals surface area contributed by atoms with Gasteiger partial charge in [-0.05, 0) is 59.5 Å². The maximum atomic E-state index is 13.7. The molecule has 0 unspecified atom stereocenters. The molecule has 4 atom stereocenters. The van der Waals surface area contributed by atoms with Gasteiger partial charge in [0.1, 0.15) is 51.5 Å². The van der Waals surface area contributed by atoms with E-state index in [-0.39, 0.29) is 29.2 Å². The second-order valence-electron chi connectivity index (χ2n) is 14.5. The Labute approximate surface area is 279 Å². The molecule has 3 N–H and O–H groups in total. The number of aliphatic hydroxyl groups is 1. The number of fused-ring (bicyclic) bond motifs is 7. The summed E-state index contributed by atoms with van der Waals surface area (Å²) < 4.78 is 1.81. The number of carbonyl (C=O) groups is 4. The average Bonchev–Trinajstić information content (AvgIpc) is 3.49. The van der Waals surface area contributed by atoms with Crippen LogP contribution in [0.4, 0.5) is 5.69 Å². The molecule has 0 spiro atoms. The summed E-state index contributed by atoms with van der Waals surface area (Å²) in [4.78, 5) is 53.1. The molecular weight excluding hydrogens is 608 g/mol. The number of aliphatic hydroxyl groups excluding tert-OH is 1. The van der Waals surface area contributed by atoms with Gasteiger partial charge in [0, 0.05) is 28.3 Å². The predicted octanol–water partition coefficient (Wildman–Crippen LogP) is 3.35. The Morgan fingerprint density at radius 2 is 1.54 bits per heavy atom. The maximum Gasteiger partial charge on any atom is 0.352 e. The minimum atomic E-state index is -1.19. The van der Waals surface area contributed by atoms with Crippen molar-refractivity contribution in [2.24, 2.45) is 11.8 Å². The molecule has 2 bridgehead atoms. The lowest BCUT2D eigenvalue weighted by Crippen LogP contribution is -2.75. The van der Waals surface area contributed by atoms with Gasteiger partial charge in [-0.15, -0.1) is 0 Å². The monoisotopic (exact) mass is 648 g/mol. The molecule has 0 radical (unpaired) electrons. The van der Waals surface area contributed by atoms with Crippen LogP contribution in [0, 0.1) is 11.8 Å². The molecule has 5 heterocycles. The third-order valence-electron chi connectivity index (χ3n) is 11.8. The van der Waals surface area contributed by atoms with Crippen molar-refractivity contribution in [1.82, 2.24) is 4.90 Å². The number of ketones is 1. The molecule has 246 valence electrons. The molecule has 10 nitrogen and oxygen atoms in total. The molecule has 9 rings (SSSR count). The standard InChI is InChI=1S/C38H38N4O6/c1-22-32(35(38(47)48)40-34(22)33(23(2)43)37(40)46)25-9-11-27-29-18-24(8-10-28(29)36(45)30(27)19-25)20-41-12-15-42(16-13-41,17-14-41)21-31(44)39-26-6-4-3-5-7-26/h3-11,18-19,22-23,33-34,43H,12-17,20-21H2,1-2H3/p+2/t22-,23+,33+,34+,41?,42?/m0/s1. The predicted molar refractivity (Wildman–Crippen MR) is 178 cm³/mol. The van der Waals surface area contributed by atoms with Crippen LogP contribution in [0.2, 0.25) is 0 Å². The van der Waals surface area contributed by atoms with Crippen LogP contribution in [0.25, 0.3) is 16.7 Å². The first-order valence-corrected chi connectivity index (χ1v) is 16.9. The van der Waals surface area contributed by atoms with Crippen LogP contribution in [0.1, 0.15) is 40.9 Å². The SMILES string of the molecule is C[C@@H](O)[C@H]1C(=O)N2C(C(=O)O)=C(c3ccc4c(c3)C(=O)c3ccc(C[N+]56CC[N+](CC(=O)Nc7ccccc7)(CC5)CC6)cc3-4)[C@H](C)[C@H]12. The number of nitrogens with one attached hydrogen (secondary N) is 1. The van der Waals surface area contributed by atoms with Crippen molar-refractivity contribution in [1.29, 1.82) is 0 Å². The van der Waals surface area contributed by atoms with Gasteiger partial charge < -0.3 is 29.4 Å². The largest absolute Gasteiger partial charge is 0.477 e. The summed E-state index contributed by atoms with van der Waals surface area (Å²) in [7, 11) is 0. The molecule has 0 saturated carbocycles. The molecule has 2 amide bonds. The third kappa shape index (κ3) is 4.65.